The summed E-state index contributed by atoms with van der Waals surface area (Å²) < 4.78 is 14.1. The van der Waals surface area contributed by atoms with Crippen LogP contribution in [-0.4, -0.2) is 10.8 Å². The summed E-state index contributed by atoms with van der Waals surface area (Å²) in [6, 6.07) is 12.2. The van der Waals surface area contributed by atoms with E-state index in [0.717, 1.165) is 10.4 Å². The normalized spacial score (nSPS) is 11.0. The molecule has 0 bridgehead atoms. The zero-order valence-electron chi connectivity index (χ0n) is 11.6. The third-order valence-corrected chi connectivity index (χ3v) is 4.10. The minimum absolute atomic E-state index is 0.177. The maximum atomic E-state index is 14.1. The molecule has 2 aromatic heterocycles. The van der Waals surface area contributed by atoms with E-state index in [1.54, 1.807) is 41.9 Å². The lowest BCUT2D eigenvalue weighted by molar-refractivity contribution is 0.104. The molecule has 0 N–H and O–H groups in total. The Morgan fingerprint density at radius 1 is 1.14 bits per heavy atom. The molecule has 0 atom stereocenters. The van der Waals surface area contributed by atoms with Gasteiger partial charge in [-0.05, 0) is 47.4 Å². The van der Waals surface area contributed by atoms with Gasteiger partial charge in [0, 0.05) is 28.4 Å². The van der Waals surface area contributed by atoms with Gasteiger partial charge >= 0.3 is 0 Å². The number of thiophene rings is 1. The monoisotopic (exact) mass is 309 g/mol. The van der Waals surface area contributed by atoms with E-state index in [1.807, 2.05) is 23.6 Å². The first-order valence-electron chi connectivity index (χ1n) is 6.70. The quantitative estimate of drug-likeness (QED) is 0.509. The number of aromatic nitrogens is 1. The number of nitrogens with zero attached hydrogens (tertiary/aromatic N) is 1. The van der Waals surface area contributed by atoms with Gasteiger partial charge in [0.05, 0.1) is 0 Å². The molecule has 0 saturated carbocycles. The number of benzene rings is 1. The van der Waals surface area contributed by atoms with Gasteiger partial charge in [0.15, 0.2) is 5.78 Å². The van der Waals surface area contributed by atoms with Crippen LogP contribution in [0.25, 0.3) is 16.5 Å². The van der Waals surface area contributed by atoms with Gasteiger partial charge in [-0.25, -0.2) is 4.39 Å². The highest BCUT2D eigenvalue weighted by Gasteiger charge is 2.05. The predicted molar refractivity (Wildman–Crippen MR) is 87.3 cm³/mol. The Balaban J connectivity index is 1.81. The molecule has 108 valence electrons. The van der Waals surface area contributed by atoms with E-state index in [0.29, 0.717) is 11.1 Å². The zero-order valence-corrected chi connectivity index (χ0v) is 12.4. The average molecular weight is 309 g/mol. The number of halogens is 1. The Morgan fingerprint density at radius 3 is 2.64 bits per heavy atom. The predicted octanol–water partition coefficient (Wildman–Crippen LogP) is 4.85. The molecule has 0 saturated heterocycles. The Kier molecular flexibility index (Phi) is 4.21. The summed E-state index contributed by atoms with van der Waals surface area (Å²) >= 11 is 1.56. The van der Waals surface area contributed by atoms with Crippen molar-refractivity contribution in [2.75, 3.05) is 0 Å². The smallest absolute Gasteiger partial charge is 0.185 e. The van der Waals surface area contributed by atoms with Crippen LogP contribution < -0.4 is 0 Å². The van der Waals surface area contributed by atoms with Crippen LogP contribution in [0.15, 0.2) is 66.3 Å². The van der Waals surface area contributed by atoms with Crippen LogP contribution in [0.2, 0.25) is 0 Å². The first-order chi connectivity index (χ1) is 10.7. The first-order valence-corrected chi connectivity index (χ1v) is 7.58. The van der Waals surface area contributed by atoms with E-state index in [4.69, 9.17) is 0 Å². The highest BCUT2D eigenvalue weighted by molar-refractivity contribution is 7.13. The minimum atomic E-state index is -0.343. The van der Waals surface area contributed by atoms with E-state index in [2.05, 4.69) is 4.98 Å². The van der Waals surface area contributed by atoms with Gasteiger partial charge in [-0.2, -0.15) is 0 Å². The number of carbonyl (C=O) groups excluding carboxylic acids is 1. The molecule has 0 aliphatic rings. The third-order valence-electron chi connectivity index (χ3n) is 3.19. The van der Waals surface area contributed by atoms with Crippen molar-refractivity contribution in [3.63, 3.8) is 0 Å². The molecule has 3 rings (SSSR count). The highest BCUT2D eigenvalue weighted by atomic mass is 32.1. The van der Waals surface area contributed by atoms with Crippen molar-refractivity contribution in [3.8, 4) is 10.4 Å². The molecular formula is C18H12FNOS. The van der Waals surface area contributed by atoms with Crippen LogP contribution in [-0.2, 0) is 0 Å². The fourth-order valence-corrected chi connectivity index (χ4v) is 2.76. The van der Waals surface area contributed by atoms with Crippen molar-refractivity contribution in [3.05, 3.63) is 83.3 Å². The van der Waals surface area contributed by atoms with Gasteiger partial charge < -0.3 is 0 Å². The molecule has 0 aliphatic heterocycles. The molecule has 22 heavy (non-hydrogen) atoms. The first kappa shape index (κ1) is 14.4. The van der Waals surface area contributed by atoms with Crippen molar-refractivity contribution in [2.24, 2.45) is 0 Å². The van der Waals surface area contributed by atoms with E-state index < -0.39 is 0 Å². The fourth-order valence-electron chi connectivity index (χ4n) is 2.04. The van der Waals surface area contributed by atoms with Gasteiger partial charge in [0.1, 0.15) is 5.82 Å². The number of pyridine rings is 1. The second-order valence-electron chi connectivity index (χ2n) is 4.65. The van der Waals surface area contributed by atoms with Crippen molar-refractivity contribution in [2.45, 2.75) is 0 Å². The number of hydrogen-bond donors (Lipinski definition) is 0. The van der Waals surface area contributed by atoms with Crippen molar-refractivity contribution in [1.29, 1.82) is 0 Å². The maximum Gasteiger partial charge on any atom is 0.185 e. The molecule has 0 aliphatic carbocycles. The summed E-state index contributed by atoms with van der Waals surface area (Å²) in [5.41, 5.74) is 1.76. The Labute approximate surface area is 131 Å². The minimum Gasteiger partial charge on any atom is -0.289 e. The molecule has 2 nitrogen and oxygen atoms in total. The van der Waals surface area contributed by atoms with Gasteiger partial charge in [-0.3, -0.25) is 9.78 Å². The lowest BCUT2D eigenvalue weighted by Crippen LogP contribution is -1.94. The molecule has 2 heterocycles. The van der Waals surface area contributed by atoms with Gasteiger partial charge in [0.25, 0.3) is 0 Å². The Hall–Kier alpha value is -2.59. The van der Waals surface area contributed by atoms with Crippen LogP contribution in [0, 0.1) is 5.82 Å². The summed E-state index contributed by atoms with van der Waals surface area (Å²) in [4.78, 5) is 16.8. The maximum absolute atomic E-state index is 14.1. The van der Waals surface area contributed by atoms with Crippen LogP contribution >= 0.6 is 11.3 Å². The number of ketones is 1. The molecule has 4 heteroatoms. The summed E-state index contributed by atoms with van der Waals surface area (Å²) in [7, 11) is 0. The fraction of sp³-hybridized carbons (Fsp3) is 0. The van der Waals surface area contributed by atoms with E-state index in [1.165, 1.54) is 18.2 Å². The number of hydrogen-bond acceptors (Lipinski definition) is 3. The van der Waals surface area contributed by atoms with E-state index in [-0.39, 0.29) is 11.6 Å². The van der Waals surface area contributed by atoms with Gasteiger partial charge in [-0.15, -0.1) is 11.3 Å². The molecule has 0 amide bonds. The highest BCUT2D eigenvalue weighted by Crippen LogP contribution is 2.26. The standard InChI is InChI=1S/C18H12FNOS/c19-16-12-15(18-2-1-11-22-18)4-3-13(16)5-6-17(21)14-7-9-20-10-8-14/h1-12H/b6-5+. The van der Waals surface area contributed by atoms with Crippen LogP contribution in [0.1, 0.15) is 15.9 Å². The molecule has 0 fully saturated rings. The summed E-state index contributed by atoms with van der Waals surface area (Å²) in [5, 5.41) is 1.95. The average Bonchev–Trinajstić information content (AvgIpc) is 3.08. The second-order valence-corrected chi connectivity index (χ2v) is 5.59. The van der Waals surface area contributed by atoms with Gasteiger partial charge in [0.2, 0.25) is 0 Å². The summed E-state index contributed by atoms with van der Waals surface area (Å²) in [6.45, 7) is 0. The van der Waals surface area contributed by atoms with Crippen molar-refractivity contribution in [1.82, 2.24) is 4.98 Å². The Morgan fingerprint density at radius 2 is 1.95 bits per heavy atom. The zero-order chi connectivity index (χ0) is 15.4. The lowest BCUT2D eigenvalue weighted by atomic mass is 10.1. The topological polar surface area (TPSA) is 30.0 Å². The summed E-state index contributed by atoms with van der Waals surface area (Å²) in [6.07, 6.45) is 5.98. The van der Waals surface area contributed by atoms with Crippen molar-refractivity contribution >= 4 is 23.2 Å². The lowest BCUT2D eigenvalue weighted by Gasteiger charge is -2.01. The second kappa shape index (κ2) is 6.45. The molecule has 0 spiro atoms. The third kappa shape index (κ3) is 3.18. The number of rotatable bonds is 4. The molecular weight excluding hydrogens is 297 g/mol. The van der Waals surface area contributed by atoms with Crippen LogP contribution in [0.4, 0.5) is 4.39 Å². The Bertz CT molecular complexity index is 810. The van der Waals surface area contributed by atoms with E-state index in [9.17, 15) is 9.18 Å². The molecule has 0 unspecified atom stereocenters. The van der Waals surface area contributed by atoms with E-state index >= 15 is 0 Å². The number of allylic oxidation sites excluding steroid dienone is 1. The van der Waals surface area contributed by atoms with Gasteiger partial charge in [-0.1, -0.05) is 18.2 Å². The molecule has 3 aromatic rings. The molecule has 1 aromatic carbocycles. The SMILES string of the molecule is O=C(/C=C/c1ccc(-c2cccs2)cc1F)c1ccncc1. The summed E-state index contributed by atoms with van der Waals surface area (Å²) in [5.74, 6) is -0.520. The van der Waals surface area contributed by atoms with Crippen LogP contribution in [0.5, 0.6) is 0 Å². The van der Waals surface area contributed by atoms with Crippen molar-refractivity contribution < 1.29 is 9.18 Å². The van der Waals surface area contributed by atoms with Crippen LogP contribution in [0.3, 0.4) is 0 Å². The largest absolute Gasteiger partial charge is 0.289 e. The number of carbonyl (C=O) groups is 1. The molecule has 0 radical (unpaired) electrons.